The third kappa shape index (κ3) is 2.14. The van der Waals surface area contributed by atoms with E-state index >= 15 is 0 Å². The fourth-order valence-corrected chi connectivity index (χ4v) is 0.943. The summed E-state index contributed by atoms with van der Waals surface area (Å²) >= 11 is 0. The van der Waals surface area contributed by atoms with E-state index in [-0.39, 0.29) is 11.4 Å². The highest BCUT2D eigenvalue weighted by Crippen LogP contribution is 2.25. The van der Waals surface area contributed by atoms with E-state index in [1.54, 1.807) is 6.07 Å². The smallest absolute Gasteiger partial charge is 0.311 e. The molecule has 70 valence electrons. The van der Waals surface area contributed by atoms with Crippen LogP contribution in [-0.4, -0.2) is 10.0 Å². The number of hydrogen-bond acceptors (Lipinski definition) is 5. The highest BCUT2D eigenvalue weighted by molar-refractivity contribution is 5.47. The summed E-state index contributed by atoms with van der Waals surface area (Å²) < 4.78 is 0. The first kappa shape index (κ1) is 9.43. The Morgan fingerprint density at radius 2 is 2.31 bits per heavy atom. The normalized spacial score (nSPS) is 9.92. The molecule has 0 radical (unpaired) electrons. The van der Waals surface area contributed by atoms with Crippen LogP contribution in [0.5, 0.6) is 5.75 Å². The number of rotatable bonds is 3. The van der Waals surface area contributed by atoms with Crippen molar-refractivity contribution in [2.24, 2.45) is 5.84 Å². The molecule has 0 amide bonds. The van der Waals surface area contributed by atoms with Crippen LogP contribution in [0.25, 0.3) is 0 Å². The molecular formula is C7H9N3O3. The number of benzene rings is 1. The maximum Gasteiger partial charge on any atom is 0.311 e. The highest BCUT2D eigenvalue weighted by Gasteiger charge is 2.12. The molecule has 0 aromatic heterocycles. The monoisotopic (exact) mass is 183 g/mol. The van der Waals surface area contributed by atoms with E-state index in [1.807, 2.05) is 0 Å². The molecule has 0 bridgehead atoms. The van der Waals surface area contributed by atoms with Crippen LogP contribution in [0, 0.1) is 10.1 Å². The summed E-state index contributed by atoms with van der Waals surface area (Å²) in [4.78, 5) is 9.73. The van der Waals surface area contributed by atoms with Crippen LogP contribution >= 0.6 is 0 Å². The van der Waals surface area contributed by atoms with Gasteiger partial charge in [0.05, 0.1) is 4.92 Å². The van der Waals surface area contributed by atoms with Gasteiger partial charge in [-0.3, -0.25) is 21.4 Å². The standard InChI is InChI=1S/C7H9N3O3/c8-9-4-5-1-2-7(11)6(3-5)10(12)13/h1-3,9,11H,4,8H2. The average Bonchev–Trinajstić information content (AvgIpc) is 2.08. The minimum atomic E-state index is -0.644. The Morgan fingerprint density at radius 1 is 1.62 bits per heavy atom. The predicted octanol–water partition coefficient (Wildman–Crippen LogP) is 0.264. The number of aromatic hydroxyl groups is 1. The Balaban J connectivity index is 3.04. The molecule has 13 heavy (non-hydrogen) atoms. The third-order valence-electron chi connectivity index (χ3n) is 1.54. The minimum absolute atomic E-state index is 0.312. The second-order valence-electron chi connectivity index (χ2n) is 2.46. The number of nitro groups is 1. The summed E-state index contributed by atoms with van der Waals surface area (Å²) in [6.07, 6.45) is 0. The SMILES string of the molecule is NNCc1ccc(O)c([N+](=O)[O-])c1. The molecule has 1 aromatic rings. The second-order valence-corrected chi connectivity index (χ2v) is 2.46. The van der Waals surface area contributed by atoms with E-state index in [0.717, 1.165) is 0 Å². The van der Waals surface area contributed by atoms with E-state index in [0.29, 0.717) is 12.1 Å². The Bertz CT molecular complexity index is 327. The number of nitrogens with one attached hydrogen (secondary N) is 1. The molecule has 1 aromatic carbocycles. The lowest BCUT2D eigenvalue weighted by molar-refractivity contribution is -0.385. The number of phenols is 1. The zero-order valence-electron chi connectivity index (χ0n) is 6.73. The van der Waals surface area contributed by atoms with Crippen LogP contribution in [0.4, 0.5) is 5.69 Å². The molecule has 0 aliphatic heterocycles. The van der Waals surface area contributed by atoms with Gasteiger partial charge in [0.2, 0.25) is 0 Å². The van der Waals surface area contributed by atoms with Crippen LogP contribution < -0.4 is 11.3 Å². The van der Waals surface area contributed by atoms with Crippen molar-refractivity contribution in [3.63, 3.8) is 0 Å². The Hall–Kier alpha value is -1.66. The molecule has 0 spiro atoms. The number of nitrogens with zero attached hydrogens (tertiary/aromatic N) is 1. The molecule has 1 rings (SSSR count). The average molecular weight is 183 g/mol. The van der Waals surface area contributed by atoms with Crippen molar-refractivity contribution in [1.29, 1.82) is 0 Å². The maximum absolute atomic E-state index is 10.4. The number of nitro benzene ring substituents is 1. The summed E-state index contributed by atoms with van der Waals surface area (Å²) in [5.41, 5.74) is 2.70. The van der Waals surface area contributed by atoms with E-state index in [4.69, 9.17) is 10.9 Å². The number of nitrogens with two attached hydrogens (primary N) is 1. The zero-order valence-corrected chi connectivity index (χ0v) is 6.73. The Kier molecular flexibility index (Phi) is 2.78. The van der Waals surface area contributed by atoms with Gasteiger partial charge in [-0.1, -0.05) is 6.07 Å². The minimum Gasteiger partial charge on any atom is -0.502 e. The third-order valence-corrected chi connectivity index (χ3v) is 1.54. The van der Waals surface area contributed by atoms with Crippen molar-refractivity contribution in [3.8, 4) is 5.75 Å². The topological polar surface area (TPSA) is 101 Å². The first-order valence-electron chi connectivity index (χ1n) is 3.55. The van der Waals surface area contributed by atoms with Gasteiger partial charge in [0.1, 0.15) is 0 Å². The lowest BCUT2D eigenvalue weighted by atomic mass is 10.2. The lowest BCUT2D eigenvalue weighted by Gasteiger charge is -2.00. The molecular weight excluding hydrogens is 174 g/mol. The predicted molar refractivity (Wildman–Crippen MR) is 45.8 cm³/mol. The molecule has 0 saturated heterocycles. The second kappa shape index (κ2) is 3.83. The molecule has 0 fully saturated rings. The largest absolute Gasteiger partial charge is 0.502 e. The fourth-order valence-electron chi connectivity index (χ4n) is 0.943. The van der Waals surface area contributed by atoms with Gasteiger partial charge in [0.15, 0.2) is 5.75 Å². The van der Waals surface area contributed by atoms with Crippen molar-refractivity contribution in [2.45, 2.75) is 6.54 Å². The van der Waals surface area contributed by atoms with E-state index in [2.05, 4.69) is 5.43 Å². The molecule has 0 atom stereocenters. The molecule has 0 unspecified atom stereocenters. The van der Waals surface area contributed by atoms with Gasteiger partial charge >= 0.3 is 5.69 Å². The van der Waals surface area contributed by atoms with Crippen molar-refractivity contribution in [3.05, 3.63) is 33.9 Å². The van der Waals surface area contributed by atoms with E-state index < -0.39 is 4.92 Å². The molecule has 4 N–H and O–H groups in total. The molecule has 0 aliphatic carbocycles. The van der Waals surface area contributed by atoms with Crippen LogP contribution in [-0.2, 0) is 6.54 Å². The van der Waals surface area contributed by atoms with Gasteiger partial charge in [-0.05, 0) is 11.6 Å². The quantitative estimate of drug-likeness (QED) is 0.354. The highest BCUT2D eigenvalue weighted by atomic mass is 16.6. The molecule has 6 nitrogen and oxygen atoms in total. The molecule has 0 aliphatic rings. The first-order chi connectivity index (χ1) is 6.15. The van der Waals surface area contributed by atoms with Crippen LogP contribution in [0.1, 0.15) is 5.56 Å². The van der Waals surface area contributed by atoms with Gasteiger partial charge in [0.25, 0.3) is 0 Å². The van der Waals surface area contributed by atoms with Gasteiger partial charge in [-0.2, -0.15) is 0 Å². The zero-order chi connectivity index (χ0) is 9.84. The summed E-state index contributed by atoms with van der Waals surface area (Å²) in [5.74, 6) is 4.70. The number of phenolic OH excluding ortho intramolecular Hbond substituents is 1. The molecule has 0 heterocycles. The van der Waals surface area contributed by atoms with E-state index in [1.165, 1.54) is 12.1 Å². The van der Waals surface area contributed by atoms with Gasteiger partial charge in [-0.25, -0.2) is 0 Å². The van der Waals surface area contributed by atoms with Crippen molar-refractivity contribution in [2.75, 3.05) is 0 Å². The van der Waals surface area contributed by atoms with Crippen LogP contribution in [0.15, 0.2) is 18.2 Å². The Labute approximate surface area is 74.1 Å². The summed E-state index contributed by atoms with van der Waals surface area (Å²) in [6, 6.07) is 4.10. The van der Waals surface area contributed by atoms with Gasteiger partial charge in [0, 0.05) is 12.6 Å². The number of hydrogen-bond donors (Lipinski definition) is 3. The molecule has 6 heteroatoms. The maximum atomic E-state index is 10.4. The van der Waals surface area contributed by atoms with Crippen molar-refractivity contribution in [1.82, 2.24) is 5.43 Å². The fraction of sp³-hybridized carbons (Fsp3) is 0.143. The first-order valence-corrected chi connectivity index (χ1v) is 3.55. The number of hydrazine groups is 1. The summed E-state index contributed by atoms with van der Waals surface area (Å²) in [5, 5.41) is 19.5. The van der Waals surface area contributed by atoms with Gasteiger partial charge < -0.3 is 5.11 Å². The van der Waals surface area contributed by atoms with E-state index in [9.17, 15) is 10.1 Å². The van der Waals surface area contributed by atoms with Crippen LogP contribution in [0.3, 0.4) is 0 Å². The summed E-state index contributed by atoms with van der Waals surface area (Å²) in [7, 11) is 0. The molecule has 0 saturated carbocycles. The lowest BCUT2D eigenvalue weighted by Crippen LogP contribution is -2.20. The van der Waals surface area contributed by atoms with Crippen molar-refractivity contribution >= 4 is 5.69 Å². The van der Waals surface area contributed by atoms with Crippen molar-refractivity contribution < 1.29 is 10.0 Å². The summed E-state index contributed by atoms with van der Waals surface area (Å²) in [6.45, 7) is 0.321. The van der Waals surface area contributed by atoms with Crippen LogP contribution in [0.2, 0.25) is 0 Å². The Morgan fingerprint density at radius 3 is 2.85 bits per heavy atom. The van der Waals surface area contributed by atoms with Gasteiger partial charge in [-0.15, -0.1) is 0 Å².